The Kier molecular flexibility index (Phi) is 2.97. The fourth-order valence-corrected chi connectivity index (χ4v) is 2.79. The molecule has 108 valence electrons. The predicted octanol–water partition coefficient (Wildman–Crippen LogP) is 3.06. The molecule has 0 bridgehead atoms. The summed E-state index contributed by atoms with van der Waals surface area (Å²) in [6.45, 7) is 1.03. The molecule has 2 aromatic heterocycles. The van der Waals surface area contributed by atoms with Crippen LogP contribution < -0.4 is 5.73 Å². The molecular formula is C15H15ClN4O. The molecule has 0 amide bonds. The molecule has 3 aromatic rings. The topological polar surface area (TPSA) is 69.9 Å². The molecular weight excluding hydrogens is 288 g/mol. The van der Waals surface area contributed by atoms with Gasteiger partial charge in [0.25, 0.3) is 0 Å². The van der Waals surface area contributed by atoms with E-state index in [4.69, 9.17) is 21.9 Å². The van der Waals surface area contributed by atoms with E-state index >= 15 is 0 Å². The number of rotatable bonds is 4. The molecule has 0 unspecified atom stereocenters. The Morgan fingerprint density at radius 1 is 1.38 bits per heavy atom. The van der Waals surface area contributed by atoms with Gasteiger partial charge in [-0.25, -0.2) is 0 Å². The van der Waals surface area contributed by atoms with E-state index in [1.165, 1.54) is 12.8 Å². The summed E-state index contributed by atoms with van der Waals surface area (Å²) in [5, 5.41) is 5.87. The van der Waals surface area contributed by atoms with Gasteiger partial charge in [0, 0.05) is 29.1 Å². The first-order valence-electron chi connectivity index (χ1n) is 7.04. The van der Waals surface area contributed by atoms with Gasteiger partial charge in [0.15, 0.2) is 5.82 Å². The summed E-state index contributed by atoms with van der Waals surface area (Å²) in [5.41, 5.74) is 7.94. The van der Waals surface area contributed by atoms with Crippen molar-refractivity contribution >= 4 is 22.5 Å². The summed E-state index contributed by atoms with van der Waals surface area (Å²) in [4.78, 5) is 4.47. The number of aromatic nitrogens is 3. The van der Waals surface area contributed by atoms with Crippen molar-refractivity contribution in [1.29, 1.82) is 0 Å². The molecule has 0 saturated heterocycles. The minimum Gasteiger partial charge on any atom is -0.338 e. The fourth-order valence-electron chi connectivity index (χ4n) is 2.62. The largest absolute Gasteiger partial charge is 0.338 e. The second kappa shape index (κ2) is 4.86. The van der Waals surface area contributed by atoms with Crippen molar-refractivity contribution in [3.05, 3.63) is 46.7 Å². The maximum atomic E-state index is 6.10. The van der Waals surface area contributed by atoms with Crippen molar-refractivity contribution in [2.45, 2.75) is 31.8 Å². The second-order valence-corrected chi connectivity index (χ2v) is 5.90. The number of fused-ring (bicyclic) bond motifs is 1. The molecule has 2 N–H and O–H groups in total. The molecule has 1 fully saturated rings. The van der Waals surface area contributed by atoms with Gasteiger partial charge in [-0.2, -0.15) is 4.98 Å². The first-order chi connectivity index (χ1) is 10.2. The minimum absolute atomic E-state index is 0.488. The van der Waals surface area contributed by atoms with Crippen LogP contribution in [0.25, 0.3) is 10.9 Å². The Balaban J connectivity index is 1.72. The molecule has 0 radical (unpaired) electrons. The zero-order valence-corrected chi connectivity index (χ0v) is 12.2. The van der Waals surface area contributed by atoms with Crippen LogP contribution in [0.15, 0.2) is 28.9 Å². The Labute approximate surface area is 126 Å². The molecule has 1 aromatic carbocycles. The van der Waals surface area contributed by atoms with E-state index in [0.717, 1.165) is 22.3 Å². The van der Waals surface area contributed by atoms with Gasteiger partial charge in [-0.05, 0) is 30.5 Å². The van der Waals surface area contributed by atoms with Crippen LogP contribution in [-0.2, 0) is 13.1 Å². The van der Waals surface area contributed by atoms with E-state index < -0.39 is 0 Å². The molecule has 0 spiro atoms. The molecule has 2 heterocycles. The quantitative estimate of drug-likeness (QED) is 0.804. The van der Waals surface area contributed by atoms with E-state index in [9.17, 15) is 0 Å². The first-order valence-corrected chi connectivity index (χ1v) is 7.42. The van der Waals surface area contributed by atoms with Crippen molar-refractivity contribution in [1.82, 2.24) is 14.7 Å². The summed E-state index contributed by atoms with van der Waals surface area (Å²) in [6, 6.07) is 5.82. The van der Waals surface area contributed by atoms with Gasteiger partial charge in [-0.1, -0.05) is 22.8 Å². The Bertz CT molecular complexity index is 803. The van der Waals surface area contributed by atoms with E-state index in [1.807, 2.05) is 24.4 Å². The molecule has 1 saturated carbocycles. The van der Waals surface area contributed by atoms with E-state index in [1.54, 1.807) is 0 Å². The molecule has 1 aliphatic carbocycles. The van der Waals surface area contributed by atoms with Gasteiger partial charge < -0.3 is 14.8 Å². The Morgan fingerprint density at radius 2 is 2.24 bits per heavy atom. The van der Waals surface area contributed by atoms with Gasteiger partial charge >= 0.3 is 0 Å². The molecule has 5 nitrogen and oxygen atoms in total. The number of benzene rings is 1. The van der Waals surface area contributed by atoms with Crippen LogP contribution in [0.2, 0.25) is 5.02 Å². The van der Waals surface area contributed by atoms with Gasteiger partial charge in [-0.15, -0.1) is 0 Å². The van der Waals surface area contributed by atoms with Crippen LogP contribution in [0.5, 0.6) is 0 Å². The lowest BCUT2D eigenvalue weighted by Gasteiger charge is -2.01. The summed E-state index contributed by atoms with van der Waals surface area (Å²) in [7, 11) is 0. The maximum Gasteiger partial charge on any atom is 0.246 e. The summed E-state index contributed by atoms with van der Waals surface area (Å²) in [6.07, 6.45) is 4.36. The van der Waals surface area contributed by atoms with Crippen molar-refractivity contribution in [3.63, 3.8) is 0 Å². The van der Waals surface area contributed by atoms with Crippen molar-refractivity contribution in [2.24, 2.45) is 5.73 Å². The average Bonchev–Trinajstić information content (AvgIpc) is 3.14. The number of hydrogen-bond donors (Lipinski definition) is 1. The fraction of sp³-hybridized carbons (Fsp3) is 0.333. The standard InChI is InChI=1S/C15H15ClN4O/c16-11-3-4-12-10(6-17)7-20(13(12)5-11)8-14-18-15(19-21-14)9-1-2-9/h3-5,7,9H,1-2,6,8,17H2. The SMILES string of the molecule is NCc1cn(Cc2nc(C3CC3)no2)c2cc(Cl)ccc12. The zero-order chi connectivity index (χ0) is 14.4. The number of nitrogens with two attached hydrogens (primary N) is 1. The summed E-state index contributed by atoms with van der Waals surface area (Å²) < 4.78 is 7.41. The highest BCUT2D eigenvalue weighted by Gasteiger charge is 2.28. The third kappa shape index (κ3) is 2.32. The van der Waals surface area contributed by atoms with Crippen LogP contribution in [0.3, 0.4) is 0 Å². The zero-order valence-electron chi connectivity index (χ0n) is 11.4. The molecule has 6 heteroatoms. The molecule has 0 aliphatic heterocycles. The van der Waals surface area contributed by atoms with Crippen molar-refractivity contribution < 1.29 is 4.52 Å². The third-order valence-electron chi connectivity index (χ3n) is 3.88. The highest BCUT2D eigenvalue weighted by molar-refractivity contribution is 6.31. The van der Waals surface area contributed by atoms with Crippen LogP contribution >= 0.6 is 11.6 Å². The second-order valence-electron chi connectivity index (χ2n) is 5.47. The lowest BCUT2D eigenvalue weighted by Crippen LogP contribution is -1.99. The molecule has 0 atom stereocenters. The highest BCUT2D eigenvalue weighted by atomic mass is 35.5. The van der Waals surface area contributed by atoms with Gasteiger partial charge in [0.1, 0.15) is 6.54 Å². The monoisotopic (exact) mass is 302 g/mol. The summed E-state index contributed by atoms with van der Waals surface area (Å²) >= 11 is 6.10. The third-order valence-corrected chi connectivity index (χ3v) is 4.11. The average molecular weight is 303 g/mol. The Hall–Kier alpha value is -1.85. The predicted molar refractivity (Wildman–Crippen MR) is 80.2 cm³/mol. The first kappa shape index (κ1) is 12.9. The minimum atomic E-state index is 0.488. The molecule has 4 rings (SSSR count). The van der Waals surface area contributed by atoms with Gasteiger partial charge in [-0.3, -0.25) is 0 Å². The van der Waals surface area contributed by atoms with Crippen LogP contribution in [-0.4, -0.2) is 14.7 Å². The molecule has 1 aliphatic rings. The highest BCUT2D eigenvalue weighted by Crippen LogP contribution is 2.38. The smallest absolute Gasteiger partial charge is 0.246 e. The molecule has 21 heavy (non-hydrogen) atoms. The van der Waals surface area contributed by atoms with Crippen LogP contribution in [0.1, 0.15) is 36.0 Å². The normalized spacial score (nSPS) is 15.0. The van der Waals surface area contributed by atoms with Gasteiger partial charge in [0.05, 0.1) is 5.52 Å². The van der Waals surface area contributed by atoms with E-state index in [2.05, 4.69) is 14.7 Å². The number of nitrogens with zero attached hydrogens (tertiary/aromatic N) is 3. The lowest BCUT2D eigenvalue weighted by atomic mass is 10.2. The van der Waals surface area contributed by atoms with Crippen molar-refractivity contribution in [3.8, 4) is 0 Å². The van der Waals surface area contributed by atoms with Gasteiger partial charge in [0.2, 0.25) is 5.89 Å². The van der Waals surface area contributed by atoms with E-state index in [-0.39, 0.29) is 0 Å². The van der Waals surface area contributed by atoms with Crippen LogP contribution in [0, 0.1) is 0 Å². The van der Waals surface area contributed by atoms with Crippen LogP contribution in [0.4, 0.5) is 0 Å². The maximum absolute atomic E-state index is 6.10. The number of hydrogen-bond acceptors (Lipinski definition) is 4. The summed E-state index contributed by atoms with van der Waals surface area (Å²) in [5.74, 6) is 1.95. The number of halogens is 1. The van der Waals surface area contributed by atoms with Crippen molar-refractivity contribution in [2.75, 3.05) is 0 Å². The van der Waals surface area contributed by atoms with E-state index in [0.29, 0.717) is 29.9 Å². The Morgan fingerprint density at radius 3 is 3.00 bits per heavy atom. The lowest BCUT2D eigenvalue weighted by molar-refractivity contribution is 0.367.